The topological polar surface area (TPSA) is 63.2 Å². The number of nitrogens with zero attached hydrogens (tertiary/aromatic N) is 1. The van der Waals surface area contributed by atoms with Gasteiger partial charge in [-0.05, 0) is 18.6 Å². The number of rotatable bonds is 7. The molecule has 0 unspecified atom stereocenters. The lowest BCUT2D eigenvalue weighted by molar-refractivity contribution is -0.119. The highest BCUT2D eigenvalue weighted by atomic mass is 16.5. The number of nitrogens with one attached hydrogen (secondary N) is 2. The van der Waals surface area contributed by atoms with Crippen molar-refractivity contribution in [1.29, 1.82) is 0 Å². The summed E-state index contributed by atoms with van der Waals surface area (Å²) >= 11 is 0. The molecule has 5 nitrogen and oxygen atoms in total. The largest absolute Gasteiger partial charge is 0.478 e. The van der Waals surface area contributed by atoms with Crippen LogP contribution < -0.4 is 15.4 Å². The third-order valence-electron chi connectivity index (χ3n) is 2.81. The Hall–Kier alpha value is -2.56. The van der Waals surface area contributed by atoms with Crippen LogP contribution >= 0.6 is 0 Å². The Morgan fingerprint density at radius 1 is 1.19 bits per heavy atom. The number of ether oxygens (including phenoxy) is 1. The molecule has 2 rings (SSSR count). The van der Waals surface area contributed by atoms with Gasteiger partial charge in [-0.2, -0.15) is 0 Å². The zero-order chi connectivity index (χ0) is 14.9. The highest BCUT2D eigenvalue weighted by Gasteiger charge is 2.02. The number of carbonyl (C=O) groups is 1. The van der Waals surface area contributed by atoms with E-state index in [2.05, 4.69) is 15.6 Å². The first-order valence-electron chi connectivity index (χ1n) is 6.91. The van der Waals surface area contributed by atoms with E-state index in [1.54, 1.807) is 12.3 Å². The van der Waals surface area contributed by atoms with E-state index in [1.807, 2.05) is 43.3 Å². The van der Waals surface area contributed by atoms with Crippen LogP contribution in [0.25, 0.3) is 0 Å². The summed E-state index contributed by atoms with van der Waals surface area (Å²) in [6.07, 6.45) is 1.65. The fourth-order valence-electron chi connectivity index (χ4n) is 1.76. The number of pyridine rings is 1. The van der Waals surface area contributed by atoms with Crippen LogP contribution in [0.2, 0.25) is 0 Å². The van der Waals surface area contributed by atoms with Gasteiger partial charge in [0.2, 0.25) is 11.8 Å². The van der Waals surface area contributed by atoms with Gasteiger partial charge in [0.05, 0.1) is 25.0 Å². The summed E-state index contributed by atoms with van der Waals surface area (Å²) in [5.74, 6) is 0.518. The molecule has 1 aromatic heterocycles. The molecule has 21 heavy (non-hydrogen) atoms. The standard InChI is InChI=1S/C16H19N3O2/c1-2-21-16-9-8-14(11-19-16)17-12-15(20)18-10-13-6-4-3-5-7-13/h3-9,11,17H,2,10,12H2,1H3,(H,18,20). The van der Waals surface area contributed by atoms with Crippen LogP contribution in [0.5, 0.6) is 5.88 Å². The summed E-state index contributed by atoms with van der Waals surface area (Å²) in [5, 5.41) is 5.87. The van der Waals surface area contributed by atoms with Gasteiger partial charge in [0, 0.05) is 12.6 Å². The molecule has 0 atom stereocenters. The highest BCUT2D eigenvalue weighted by molar-refractivity contribution is 5.80. The Kier molecular flexibility index (Phi) is 5.58. The number of anilines is 1. The van der Waals surface area contributed by atoms with Crippen LogP contribution in [0, 0.1) is 0 Å². The first kappa shape index (κ1) is 14.8. The summed E-state index contributed by atoms with van der Waals surface area (Å²) in [4.78, 5) is 15.9. The van der Waals surface area contributed by atoms with Crippen molar-refractivity contribution in [3.8, 4) is 5.88 Å². The molecule has 1 heterocycles. The number of amides is 1. The van der Waals surface area contributed by atoms with E-state index in [0.717, 1.165) is 11.3 Å². The summed E-state index contributed by atoms with van der Waals surface area (Å²) in [6.45, 7) is 3.23. The van der Waals surface area contributed by atoms with E-state index >= 15 is 0 Å². The van der Waals surface area contributed by atoms with Crippen molar-refractivity contribution < 1.29 is 9.53 Å². The van der Waals surface area contributed by atoms with Gasteiger partial charge in [-0.15, -0.1) is 0 Å². The Balaban J connectivity index is 1.73. The molecular formula is C16H19N3O2. The molecule has 1 aromatic carbocycles. The van der Waals surface area contributed by atoms with Gasteiger partial charge in [0.1, 0.15) is 0 Å². The first-order valence-corrected chi connectivity index (χ1v) is 6.91. The molecule has 0 saturated heterocycles. The maximum atomic E-state index is 11.7. The third-order valence-corrected chi connectivity index (χ3v) is 2.81. The van der Waals surface area contributed by atoms with E-state index in [0.29, 0.717) is 19.0 Å². The Morgan fingerprint density at radius 3 is 2.67 bits per heavy atom. The van der Waals surface area contributed by atoms with Crippen molar-refractivity contribution in [3.63, 3.8) is 0 Å². The summed E-state index contributed by atoms with van der Waals surface area (Å²) in [6, 6.07) is 13.4. The molecule has 0 fully saturated rings. The third kappa shape index (κ3) is 5.14. The Labute approximate surface area is 124 Å². The first-order chi connectivity index (χ1) is 10.3. The maximum absolute atomic E-state index is 11.7. The quantitative estimate of drug-likeness (QED) is 0.818. The number of aromatic nitrogens is 1. The lowest BCUT2D eigenvalue weighted by Gasteiger charge is -2.08. The van der Waals surface area contributed by atoms with Gasteiger partial charge in [-0.3, -0.25) is 4.79 Å². The zero-order valence-corrected chi connectivity index (χ0v) is 12.0. The maximum Gasteiger partial charge on any atom is 0.239 e. The molecule has 0 radical (unpaired) electrons. The summed E-state index contributed by atoms with van der Waals surface area (Å²) in [5.41, 5.74) is 1.86. The van der Waals surface area contributed by atoms with Gasteiger partial charge in [0.15, 0.2) is 0 Å². The van der Waals surface area contributed by atoms with Gasteiger partial charge >= 0.3 is 0 Å². The van der Waals surface area contributed by atoms with Crippen LogP contribution in [0.3, 0.4) is 0 Å². The molecule has 1 amide bonds. The Morgan fingerprint density at radius 2 is 2.00 bits per heavy atom. The lowest BCUT2D eigenvalue weighted by atomic mass is 10.2. The van der Waals surface area contributed by atoms with E-state index in [-0.39, 0.29) is 12.5 Å². The second kappa shape index (κ2) is 7.89. The number of benzene rings is 1. The molecule has 0 aliphatic carbocycles. The summed E-state index contributed by atoms with van der Waals surface area (Å²) in [7, 11) is 0. The molecule has 5 heteroatoms. The van der Waals surface area contributed by atoms with Crippen molar-refractivity contribution in [2.75, 3.05) is 18.5 Å². The highest BCUT2D eigenvalue weighted by Crippen LogP contribution is 2.10. The van der Waals surface area contributed by atoms with E-state index in [4.69, 9.17) is 4.74 Å². The number of hydrogen-bond donors (Lipinski definition) is 2. The smallest absolute Gasteiger partial charge is 0.239 e. The van der Waals surface area contributed by atoms with Gasteiger partial charge in [-0.1, -0.05) is 30.3 Å². The Bertz CT molecular complexity index is 555. The van der Waals surface area contributed by atoms with Crippen LogP contribution in [0.4, 0.5) is 5.69 Å². The molecule has 0 spiro atoms. The van der Waals surface area contributed by atoms with Crippen LogP contribution in [0.1, 0.15) is 12.5 Å². The van der Waals surface area contributed by atoms with Gasteiger partial charge in [0.25, 0.3) is 0 Å². The molecule has 110 valence electrons. The number of hydrogen-bond acceptors (Lipinski definition) is 4. The van der Waals surface area contributed by atoms with E-state index in [1.165, 1.54) is 0 Å². The van der Waals surface area contributed by atoms with Crippen molar-refractivity contribution >= 4 is 11.6 Å². The van der Waals surface area contributed by atoms with E-state index < -0.39 is 0 Å². The molecule has 2 aromatic rings. The lowest BCUT2D eigenvalue weighted by Crippen LogP contribution is -2.29. The normalized spacial score (nSPS) is 9.95. The SMILES string of the molecule is CCOc1ccc(NCC(=O)NCc2ccccc2)cn1. The van der Waals surface area contributed by atoms with Crippen molar-refractivity contribution in [2.24, 2.45) is 0 Å². The molecule has 0 aliphatic heterocycles. The molecule has 0 saturated carbocycles. The fourth-order valence-corrected chi connectivity index (χ4v) is 1.76. The van der Waals surface area contributed by atoms with Crippen molar-refractivity contribution in [3.05, 3.63) is 54.2 Å². The monoisotopic (exact) mass is 285 g/mol. The van der Waals surface area contributed by atoms with Crippen LogP contribution in [0.15, 0.2) is 48.7 Å². The van der Waals surface area contributed by atoms with Crippen molar-refractivity contribution in [2.45, 2.75) is 13.5 Å². The second-order valence-corrected chi connectivity index (χ2v) is 4.43. The van der Waals surface area contributed by atoms with Crippen LogP contribution in [-0.2, 0) is 11.3 Å². The predicted octanol–water partition coefficient (Wildman–Crippen LogP) is 2.21. The average Bonchev–Trinajstić information content (AvgIpc) is 2.53. The van der Waals surface area contributed by atoms with Gasteiger partial charge < -0.3 is 15.4 Å². The predicted molar refractivity (Wildman–Crippen MR) is 82.2 cm³/mol. The minimum atomic E-state index is -0.0623. The van der Waals surface area contributed by atoms with E-state index in [9.17, 15) is 4.79 Å². The second-order valence-electron chi connectivity index (χ2n) is 4.43. The molecule has 0 bridgehead atoms. The zero-order valence-electron chi connectivity index (χ0n) is 12.0. The van der Waals surface area contributed by atoms with Crippen LogP contribution in [-0.4, -0.2) is 24.0 Å². The minimum absolute atomic E-state index is 0.0623. The fraction of sp³-hybridized carbons (Fsp3) is 0.250. The molecule has 2 N–H and O–H groups in total. The molecule has 0 aliphatic rings. The molecular weight excluding hydrogens is 266 g/mol. The summed E-state index contributed by atoms with van der Waals surface area (Å²) < 4.78 is 5.26. The minimum Gasteiger partial charge on any atom is -0.478 e. The average molecular weight is 285 g/mol. The number of carbonyl (C=O) groups excluding carboxylic acids is 1. The van der Waals surface area contributed by atoms with Gasteiger partial charge in [-0.25, -0.2) is 4.98 Å². The van der Waals surface area contributed by atoms with Crippen molar-refractivity contribution in [1.82, 2.24) is 10.3 Å².